The predicted octanol–water partition coefficient (Wildman–Crippen LogP) is 3.48. The minimum Gasteiger partial charge on any atom is -0.366 e. The van der Waals surface area contributed by atoms with E-state index in [1.807, 2.05) is 42.7 Å². The Hall–Kier alpha value is -2.46. The predicted molar refractivity (Wildman–Crippen MR) is 104 cm³/mol. The fourth-order valence-corrected chi connectivity index (χ4v) is 4.32. The Bertz CT molecular complexity index is 797. The molecule has 0 spiro atoms. The average molecular weight is 347 g/mol. The van der Waals surface area contributed by atoms with Gasteiger partial charge in [0.1, 0.15) is 0 Å². The van der Waals surface area contributed by atoms with Crippen LogP contribution >= 0.6 is 0 Å². The second kappa shape index (κ2) is 7.42. The number of piperidine rings is 1. The van der Waals surface area contributed by atoms with Crippen molar-refractivity contribution in [2.45, 2.75) is 50.6 Å². The zero-order valence-electron chi connectivity index (χ0n) is 14.9. The van der Waals surface area contributed by atoms with Crippen LogP contribution in [0.4, 0.5) is 0 Å². The van der Waals surface area contributed by atoms with Gasteiger partial charge < -0.3 is 11.1 Å². The van der Waals surface area contributed by atoms with Crippen LogP contribution in [0.5, 0.6) is 0 Å². The van der Waals surface area contributed by atoms with Crippen LogP contribution in [-0.2, 0) is 6.42 Å². The number of nitrogens with two attached hydrogens (primary N) is 1. The number of aromatic nitrogens is 1. The Morgan fingerprint density at radius 3 is 2.42 bits per heavy atom. The SMILES string of the molecule is NC(=O)c1ccc(CCC(=C2CC3CCC(C2)N3)c2cccnc2)cc1. The molecule has 3 heterocycles. The van der Waals surface area contributed by atoms with Crippen LogP contribution in [0, 0.1) is 0 Å². The fourth-order valence-electron chi connectivity index (χ4n) is 4.32. The second-order valence-electron chi connectivity index (χ2n) is 7.43. The molecule has 4 nitrogen and oxygen atoms in total. The first kappa shape index (κ1) is 17.0. The number of nitrogens with one attached hydrogen (secondary N) is 1. The molecule has 4 heteroatoms. The summed E-state index contributed by atoms with van der Waals surface area (Å²) in [6.45, 7) is 0. The largest absolute Gasteiger partial charge is 0.366 e. The Morgan fingerprint density at radius 2 is 1.81 bits per heavy atom. The molecule has 1 amide bonds. The van der Waals surface area contributed by atoms with Crippen LogP contribution in [0.2, 0.25) is 0 Å². The van der Waals surface area contributed by atoms with Gasteiger partial charge in [0.25, 0.3) is 0 Å². The maximum Gasteiger partial charge on any atom is 0.248 e. The maximum atomic E-state index is 11.2. The number of pyridine rings is 1. The van der Waals surface area contributed by atoms with E-state index in [-0.39, 0.29) is 5.91 Å². The Morgan fingerprint density at radius 1 is 1.08 bits per heavy atom. The molecule has 134 valence electrons. The van der Waals surface area contributed by atoms with Crippen molar-refractivity contribution >= 4 is 11.5 Å². The zero-order chi connectivity index (χ0) is 17.9. The molecule has 2 unspecified atom stereocenters. The topological polar surface area (TPSA) is 68.0 Å². The van der Waals surface area contributed by atoms with Crippen molar-refractivity contribution in [2.75, 3.05) is 0 Å². The molecule has 4 rings (SSSR count). The number of aryl methyl sites for hydroxylation is 1. The highest BCUT2D eigenvalue weighted by atomic mass is 16.1. The number of benzene rings is 1. The van der Waals surface area contributed by atoms with E-state index in [9.17, 15) is 4.79 Å². The molecule has 2 atom stereocenters. The van der Waals surface area contributed by atoms with Gasteiger partial charge in [0, 0.05) is 30.0 Å². The van der Waals surface area contributed by atoms with Crippen molar-refractivity contribution in [1.29, 1.82) is 0 Å². The lowest BCUT2D eigenvalue weighted by Gasteiger charge is -2.27. The van der Waals surface area contributed by atoms with Crippen LogP contribution in [-0.4, -0.2) is 23.0 Å². The van der Waals surface area contributed by atoms with Crippen molar-refractivity contribution in [2.24, 2.45) is 5.73 Å². The third kappa shape index (κ3) is 3.70. The lowest BCUT2D eigenvalue weighted by molar-refractivity contribution is 0.100. The van der Waals surface area contributed by atoms with Gasteiger partial charge in [-0.25, -0.2) is 0 Å². The van der Waals surface area contributed by atoms with E-state index < -0.39 is 0 Å². The van der Waals surface area contributed by atoms with E-state index in [0.717, 1.165) is 25.7 Å². The molecule has 2 saturated heterocycles. The number of nitrogens with zero attached hydrogens (tertiary/aromatic N) is 1. The number of amides is 1. The molecular weight excluding hydrogens is 322 g/mol. The van der Waals surface area contributed by atoms with Gasteiger partial charge in [-0.2, -0.15) is 0 Å². The number of primary amides is 1. The van der Waals surface area contributed by atoms with Crippen LogP contribution < -0.4 is 11.1 Å². The number of carbonyl (C=O) groups excluding carboxylic acids is 1. The number of fused-ring (bicyclic) bond motifs is 2. The van der Waals surface area contributed by atoms with Crippen molar-refractivity contribution in [3.05, 3.63) is 71.1 Å². The number of hydrogen-bond donors (Lipinski definition) is 2. The highest BCUT2D eigenvalue weighted by molar-refractivity contribution is 5.92. The number of carbonyl (C=O) groups is 1. The summed E-state index contributed by atoms with van der Waals surface area (Å²) < 4.78 is 0. The van der Waals surface area contributed by atoms with Crippen molar-refractivity contribution in [3.63, 3.8) is 0 Å². The molecule has 0 saturated carbocycles. The quantitative estimate of drug-likeness (QED) is 0.870. The first-order chi connectivity index (χ1) is 12.7. The minimum atomic E-state index is -0.375. The van der Waals surface area contributed by atoms with Gasteiger partial charge in [-0.15, -0.1) is 0 Å². The highest BCUT2D eigenvalue weighted by Crippen LogP contribution is 2.36. The van der Waals surface area contributed by atoms with Crippen molar-refractivity contribution in [1.82, 2.24) is 10.3 Å². The van der Waals surface area contributed by atoms with Gasteiger partial charge in [0.15, 0.2) is 0 Å². The smallest absolute Gasteiger partial charge is 0.248 e. The molecule has 26 heavy (non-hydrogen) atoms. The summed E-state index contributed by atoms with van der Waals surface area (Å²) in [7, 11) is 0. The van der Waals surface area contributed by atoms with Crippen molar-refractivity contribution in [3.8, 4) is 0 Å². The summed E-state index contributed by atoms with van der Waals surface area (Å²) >= 11 is 0. The van der Waals surface area contributed by atoms with Gasteiger partial charge in [-0.1, -0.05) is 23.8 Å². The Labute approximate surface area is 154 Å². The van der Waals surface area contributed by atoms with Gasteiger partial charge in [0.2, 0.25) is 5.91 Å². The molecule has 3 N–H and O–H groups in total. The Balaban J connectivity index is 1.57. The number of rotatable bonds is 5. The lowest BCUT2D eigenvalue weighted by Crippen LogP contribution is -2.35. The van der Waals surface area contributed by atoms with Gasteiger partial charge in [-0.3, -0.25) is 9.78 Å². The average Bonchev–Trinajstić information content (AvgIpc) is 3.01. The highest BCUT2D eigenvalue weighted by Gasteiger charge is 2.31. The molecule has 0 aliphatic carbocycles. The summed E-state index contributed by atoms with van der Waals surface area (Å²) in [6, 6.07) is 13.1. The van der Waals surface area contributed by atoms with Gasteiger partial charge in [0.05, 0.1) is 0 Å². The molecule has 2 fully saturated rings. The number of allylic oxidation sites excluding steroid dienone is 1. The second-order valence-corrected chi connectivity index (χ2v) is 7.43. The normalized spacial score (nSPS) is 21.6. The molecule has 1 aromatic heterocycles. The summed E-state index contributed by atoms with van der Waals surface area (Å²) in [4.78, 5) is 15.6. The maximum absolute atomic E-state index is 11.2. The summed E-state index contributed by atoms with van der Waals surface area (Å²) in [5.41, 5.74) is 11.4. The van der Waals surface area contributed by atoms with E-state index in [1.165, 1.54) is 29.5 Å². The number of hydrogen-bond acceptors (Lipinski definition) is 3. The molecule has 2 aliphatic rings. The van der Waals surface area contributed by atoms with Crippen LogP contribution in [0.15, 0.2) is 54.4 Å². The summed E-state index contributed by atoms with van der Waals surface area (Å²) in [5.74, 6) is -0.375. The van der Waals surface area contributed by atoms with E-state index in [1.54, 1.807) is 5.57 Å². The van der Waals surface area contributed by atoms with E-state index in [0.29, 0.717) is 17.6 Å². The van der Waals surface area contributed by atoms with Crippen molar-refractivity contribution < 1.29 is 4.79 Å². The van der Waals surface area contributed by atoms with E-state index >= 15 is 0 Å². The monoisotopic (exact) mass is 347 g/mol. The molecule has 2 aliphatic heterocycles. The molecule has 1 aromatic carbocycles. The van der Waals surface area contributed by atoms with E-state index in [2.05, 4.69) is 16.4 Å². The van der Waals surface area contributed by atoms with Gasteiger partial charge in [-0.05, 0) is 73.4 Å². The molecular formula is C22H25N3O. The first-order valence-corrected chi connectivity index (χ1v) is 9.45. The lowest BCUT2D eigenvalue weighted by atomic mass is 9.88. The fraction of sp³-hybridized carbons (Fsp3) is 0.364. The third-order valence-corrected chi connectivity index (χ3v) is 5.66. The first-order valence-electron chi connectivity index (χ1n) is 9.45. The van der Waals surface area contributed by atoms with Gasteiger partial charge >= 0.3 is 0 Å². The Kier molecular flexibility index (Phi) is 4.85. The van der Waals surface area contributed by atoms with Crippen LogP contribution in [0.1, 0.15) is 53.6 Å². The van der Waals surface area contributed by atoms with E-state index in [4.69, 9.17) is 5.73 Å². The summed E-state index contributed by atoms with van der Waals surface area (Å²) in [5, 5.41) is 3.72. The molecule has 2 aromatic rings. The zero-order valence-corrected chi connectivity index (χ0v) is 14.9. The summed E-state index contributed by atoms with van der Waals surface area (Å²) in [6.07, 6.45) is 10.7. The minimum absolute atomic E-state index is 0.375. The molecule has 2 bridgehead atoms. The van der Waals surface area contributed by atoms with Crippen LogP contribution in [0.25, 0.3) is 5.57 Å². The van der Waals surface area contributed by atoms with Crippen LogP contribution in [0.3, 0.4) is 0 Å². The standard InChI is InChI=1S/C22H25N3O/c23-22(26)16-6-3-15(4-7-16)5-10-21(17-2-1-11-24-14-17)18-12-19-8-9-20(13-18)25-19/h1-4,6-7,11,14,19-20,25H,5,8-10,12-13H2,(H2,23,26). The molecule has 0 radical (unpaired) electrons. The third-order valence-electron chi connectivity index (χ3n) is 5.66.